The number of carbonyl (C=O) groups excluding carboxylic acids is 2. The van der Waals surface area contributed by atoms with Crippen LogP contribution in [0.3, 0.4) is 0 Å². The molecule has 0 spiro atoms. The van der Waals surface area contributed by atoms with Crippen LogP contribution in [0.5, 0.6) is 5.75 Å². The summed E-state index contributed by atoms with van der Waals surface area (Å²) in [7, 11) is 0. The summed E-state index contributed by atoms with van der Waals surface area (Å²) in [5.74, 6) is -0.964. The first-order valence-electron chi connectivity index (χ1n) is 6.70. The Kier molecular flexibility index (Phi) is 5.71. The SMILES string of the molecule is O=C(CC(=O)Nc1ccccc1Cl)NN=Cc1cccc(O)c1. The number of hydrogen-bond acceptors (Lipinski definition) is 4. The molecule has 0 bridgehead atoms. The van der Waals surface area contributed by atoms with Gasteiger partial charge >= 0.3 is 0 Å². The van der Waals surface area contributed by atoms with Crippen LogP contribution in [0.1, 0.15) is 12.0 Å². The number of benzene rings is 2. The number of phenols is 1. The zero-order valence-corrected chi connectivity index (χ0v) is 12.7. The van der Waals surface area contributed by atoms with Crippen molar-refractivity contribution in [1.29, 1.82) is 0 Å². The third-order valence-corrected chi connectivity index (χ3v) is 3.07. The van der Waals surface area contributed by atoms with Crippen LogP contribution in [0.15, 0.2) is 53.6 Å². The van der Waals surface area contributed by atoms with Crippen molar-refractivity contribution in [2.45, 2.75) is 6.42 Å². The van der Waals surface area contributed by atoms with Gasteiger partial charge in [0.25, 0.3) is 0 Å². The van der Waals surface area contributed by atoms with E-state index < -0.39 is 11.8 Å². The number of hydrazone groups is 1. The van der Waals surface area contributed by atoms with Crippen LogP contribution >= 0.6 is 11.6 Å². The van der Waals surface area contributed by atoms with E-state index in [1.165, 1.54) is 18.3 Å². The predicted octanol–water partition coefficient (Wildman–Crippen LogP) is 2.52. The van der Waals surface area contributed by atoms with E-state index in [0.29, 0.717) is 16.3 Å². The fourth-order valence-corrected chi connectivity index (χ4v) is 1.91. The van der Waals surface area contributed by atoms with Crippen molar-refractivity contribution < 1.29 is 14.7 Å². The van der Waals surface area contributed by atoms with E-state index in [4.69, 9.17) is 11.6 Å². The number of hydrogen-bond donors (Lipinski definition) is 3. The van der Waals surface area contributed by atoms with E-state index in [9.17, 15) is 14.7 Å². The van der Waals surface area contributed by atoms with Crippen molar-refractivity contribution >= 4 is 35.3 Å². The summed E-state index contributed by atoms with van der Waals surface area (Å²) in [4.78, 5) is 23.4. The van der Waals surface area contributed by atoms with Crippen LogP contribution in [0, 0.1) is 0 Å². The standard InChI is InChI=1S/C16H14ClN3O3/c17-13-6-1-2-7-14(13)19-15(22)9-16(23)20-18-10-11-4-3-5-12(21)8-11/h1-8,10,21H,9H2,(H,19,22)(H,20,23). The van der Waals surface area contributed by atoms with Crippen LogP contribution < -0.4 is 10.7 Å². The Morgan fingerprint density at radius 1 is 1.13 bits per heavy atom. The number of para-hydroxylation sites is 1. The van der Waals surface area contributed by atoms with Gasteiger partial charge < -0.3 is 10.4 Å². The van der Waals surface area contributed by atoms with E-state index in [1.807, 2.05) is 0 Å². The summed E-state index contributed by atoms with van der Waals surface area (Å²) < 4.78 is 0. The Labute approximate surface area is 137 Å². The fourth-order valence-electron chi connectivity index (χ4n) is 1.73. The molecule has 0 aliphatic carbocycles. The van der Waals surface area contributed by atoms with Gasteiger partial charge in [0, 0.05) is 0 Å². The van der Waals surface area contributed by atoms with Crippen LogP contribution in [0.25, 0.3) is 0 Å². The first-order chi connectivity index (χ1) is 11.0. The van der Waals surface area contributed by atoms with E-state index in [2.05, 4.69) is 15.8 Å². The van der Waals surface area contributed by atoms with Gasteiger partial charge in [0.15, 0.2) is 0 Å². The summed E-state index contributed by atoms with van der Waals surface area (Å²) in [6.07, 6.45) is 0.978. The number of aromatic hydroxyl groups is 1. The van der Waals surface area contributed by atoms with Gasteiger partial charge in [0.1, 0.15) is 12.2 Å². The van der Waals surface area contributed by atoms with E-state index in [-0.39, 0.29) is 12.2 Å². The minimum atomic E-state index is -0.564. The Hall–Kier alpha value is -2.86. The van der Waals surface area contributed by atoms with Crippen molar-refractivity contribution in [2.75, 3.05) is 5.32 Å². The molecule has 6 nitrogen and oxygen atoms in total. The second kappa shape index (κ2) is 7.95. The molecule has 118 valence electrons. The maximum atomic E-state index is 11.7. The van der Waals surface area contributed by atoms with Crippen molar-refractivity contribution in [3.63, 3.8) is 0 Å². The fraction of sp³-hybridized carbons (Fsp3) is 0.0625. The van der Waals surface area contributed by atoms with Gasteiger partial charge in [0.2, 0.25) is 11.8 Å². The highest BCUT2D eigenvalue weighted by Gasteiger charge is 2.10. The summed E-state index contributed by atoms with van der Waals surface area (Å²) in [5, 5.41) is 15.9. The highest BCUT2D eigenvalue weighted by atomic mass is 35.5. The molecule has 0 atom stereocenters. The van der Waals surface area contributed by atoms with Gasteiger partial charge in [-0.1, -0.05) is 35.9 Å². The molecule has 0 aromatic heterocycles. The summed E-state index contributed by atoms with van der Waals surface area (Å²) in [6, 6.07) is 13.1. The third kappa shape index (κ3) is 5.44. The smallest absolute Gasteiger partial charge is 0.249 e. The average molecular weight is 332 g/mol. The van der Waals surface area contributed by atoms with Gasteiger partial charge in [-0.3, -0.25) is 9.59 Å². The van der Waals surface area contributed by atoms with Crippen molar-refractivity contribution in [1.82, 2.24) is 5.43 Å². The number of nitrogens with one attached hydrogen (secondary N) is 2. The van der Waals surface area contributed by atoms with Crippen LogP contribution in [-0.4, -0.2) is 23.1 Å². The molecule has 2 amide bonds. The molecule has 3 N–H and O–H groups in total. The Morgan fingerprint density at radius 2 is 1.91 bits per heavy atom. The van der Waals surface area contributed by atoms with Gasteiger partial charge in [-0.05, 0) is 29.8 Å². The number of halogens is 1. The van der Waals surface area contributed by atoms with Gasteiger partial charge in [0.05, 0.1) is 16.9 Å². The molecule has 0 radical (unpaired) electrons. The number of carbonyl (C=O) groups is 2. The van der Waals surface area contributed by atoms with Gasteiger partial charge in [-0.2, -0.15) is 5.10 Å². The minimum absolute atomic E-state index is 0.0967. The molecule has 0 unspecified atom stereocenters. The molecule has 2 aromatic carbocycles. The number of rotatable bonds is 5. The minimum Gasteiger partial charge on any atom is -0.508 e. The molecule has 0 saturated heterocycles. The Morgan fingerprint density at radius 3 is 2.65 bits per heavy atom. The number of nitrogens with zero attached hydrogens (tertiary/aromatic N) is 1. The van der Waals surface area contributed by atoms with E-state index >= 15 is 0 Å². The van der Waals surface area contributed by atoms with Crippen molar-refractivity contribution in [3.05, 3.63) is 59.1 Å². The lowest BCUT2D eigenvalue weighted by Crippen LogP contribution is -2.24. The number of anilines is 1. The second-order valence-electron chi connectivity index (χ2n) is 4.59. The Bertz CT molecular complexity index is 747. The lowest BCUT2D eigenvalue weighted by atomic mass is 10.2. The lowest BCUT2D eigenvalue weighted by molar-refractivity contribution is -0.126. The highest BCUT2D eigenvalue weighted by molar-refractivity contribution is 6.33. The van der Waals surface area contributed by atoms with Crippen LogP contribution in [-0.2, 0) is 9.59 Å². The largest absolute Gasteiger partial charge is 0.508 e. The zero-order valence-electron chi connectivity index (χ0n) is 12.0. The van der Waals surface area contributed by atoms with Crippen molar-refractivity contribution in [2.24, 2.45) is 5.10 Å². The Balaban J connectivity index is 1.82. The molecule has 0 saturated carbocycles. The van der Waals surface area contributed by atoms with Crippen LogP contribution in [0.2, 0.25) is 5.02 Å². The normalized spacial score (nSPS) is 10.5. The molecular weight excluding hydrogens is 318 g/mol. The van der Waals surface area contributed by atoms with E-state index in [1.54, 1.807) is 36.4 Å². The highest BCUT2D eigenvalue weighted by Crippen LogP contribution is 2.20. The summed E-state index contributed by atoms with van der Waals surface area (Å²) in [6.45, 7) is 0. The lowest BCUT2D eigenvalue weighted by Gasteiger charge is -2.06. The monoisotopic (exact) mass is 331 g/mol. The molecule has 0 aliphatic rings. The number of phenolic OH excluding ortho intramolecular Hbond substituents is 1. The molecule has 23 heavy (non-hydrogen) atoms. The molecule has 0 fully saturated rings. The topological polar surface area (TPSA) is 90.8 Å². The summed E-state index contributed by atoms with van der Waals surface area (Å²) in [5.41, 5.74) is 3.29. The maximum absolute atomic E-state index is 11.7. The zero-order chi connectivity index (χ0) is 16.7. The first-order valence-corrected chi connectivity index (χ1v) is 7.08. The quantitative estimate of drug-likeness (QED) is 0.446. The maximum Gasteiger partial charge on any atom is 0.249 e. The van der Waals surface area contributed by atoms with Crippen molar-refractivity contribution in [3.8, 4) is 5.75 Å². The molecule has 7 heteroatoms. The molecule has 2 aromatic rings. The molecule has 0 heterocycles. The summed E-state index contributed by atoms with van der Waals surface area (Å²) >= 11 is 5.91. The molecular formula is C16H14ClN3O3. The van der Waals surface area contributed by atoms with E-state index in [0.717, 1.165) is 0 Å². The molecule has 0 aliphatic heterocycles. The van der Waals surface area contributed by atoms with Gasteiger partial charge in [-0.25, -0.2) is 5.43 Å². The third-order valence-electron chi connectivity index (χ3n) is 2.74. The predicted molar refractivity (Wildman–Crippen MR) is 88.5 cm³/mol. The first kappa shape index (κ1) is 16.5. The van der Waals surface area contributed by atoms with Crippen LogP contribution in [0.4, 0.5) is 5.69 Å². The molecule has 2 rings (SSSR count). The number of amides is 2. The van der Waals surface area contributed by atoms with Gasteiger partial charge in [-0.15, -0.1) is 0 Å². The average Bonchev–Trinajstić information content (AvgIpc) is 2.49. The second-order valence-corrected chi connectivity index (χ2v) is 5.00.